The van der Waals surface area contributed by atoms with Crippen LogP contribution in [0.15, 0.2) is 0 Å². The van der Waals surface area contributed by atoms with Crippen molar-refractivity contribution in [2.45, 2.75) is 50.7 Å². The number of carboxylic acid groups (broad SMARTS) is 2. The predicted octanol–water partition coefficient (Wildman–Crippen LogP) is -2.07. The molecule has 13 nitrogen and oxygen atoms in total. The summed E-state index contributed by atoms with van der Waals surface area (Å²) in [6.07, 6.45) is -0.368. The molecule has 1 aromatic heterocycles. The number of aromatic nitrogens is 4. The highest BCUT2D eigenvalue weighted by Gasteiger charge is 2.29. The van der Waals surface area contributed by atoms with Crippen LogP contribution in [0, 0.1) is 0 Å². The minimum absolute atomic E-state index is 0.0402. The molecule has 1 rings (SSSR count). The number of nitrogens with one attached hydrogen (secondary N) is 1. The number of methoxy groups -OCH3 is 1. The van der Waals surface area contributed by atoms with Crippen LogP contribution in [0.4, 0.5) is 0 Å². The number of hydrogen-bond donors (Lipinski definition) is 4. The van der Waals surface area contributed by atoms with E-state index in [1.807, 2.05) is 0 Å². The van der Waals surface area contributed by atoms with Gasteiger partial charge in [0.2, 0.25) is 5.91 Å². The van der Waals surface area contributed by atoms with Gasteiger partial charge in [-0.05, 0) is 30.2 Å². The number of nitrogens with zero attached hydrogens (tertiary/aromatic N) is 4. The standard InChI is InChI=1S/C14H22N6O7/c1-14(15,13(25)26)6-5-10(21)16-8(12(23)24)3-4-9-17-18-19-20(9)7-11(22)27-2/h8H,3-7,15H2,1-2H3,(H,16,21)(H,23,24)(H,25,26)/t8?,14-/m0/s1. The molecule has 0 aliphatic rings. The van der Waals surface area contributed by atoms with E-state index in [0.29, 0.717) is 0 Å². The van der Waals surface area contributed by atoms with Crippen molar-refractivity contribution in [3.8, 4) is 0 Å². The molecule has 0 aromatic carbocycles. The van der Waals surface area contributed by atoms with E-state index < -0.39 is 35.4 Å². The lowest BCUT2D eigenvalue weighted by atomic mass is 9.97. The zero-order valence-corrected chi connectivity index (χ0v) is 14.9. The van der Waals surface area contributed by atoms with E-state index in [4.69, 9.17) is 10.8 Å². The van der Waals surface area contributed by atoms with Crippen molar-refractivity contribution in [2.75, 3.05) is 7.11 Å². The van der Waals surface area contributed by atoms with E-state index >= 15 is 0 Å². The fraction of sp³-hybridized carbons (Fsp3) is 0.643. The highest BCUT2D eigenvalue weighted by molar-refractivity contribution is 5.84. The normalized spacial score (nSPS) is 14.0. The molecule has 0 radical (unpaired) electrons. The largest absolute Gasteiger partial charge is 0.480 e. The summed E-state index contributed by atoms with van der Waals surface area (Å²) in [5.74, 6) is -3.50. The zero-order valence-electron chi connectivity index (χ0n) is 14.9. The van der Waals surface area contributed by atoms with Crippen molar-refractivity contribution in [3.05, 3.63) is 5.82 Å². The first-order valence-electron chi connectivity index (χ1n) is 7.93. The number of esters is 1. The number of ether oxygens (including phenoxy) is 1. The molecule has 0 saturated heterocycles. The van der Waals surface area contributed by atoms with Gasteiger partial charge in [-0.3, -0.25) is 14.4 Å². The molecule has 1 aromatic rings. The molecule has 0 bridgehead atoms. The van der Waals surface area contributed by atoms with Gasteiger partial charge in [-0.2, -0.15) is 0 Å². The topological polar surface area (TPSA) is 200 Å². The van der Waals surface area contributed by atoms with Crippen molar-refractivity contribution in [2.24, 2.45) is 5.73 Å². The van der Waals surface area contributed by atoms with Crippen molar-refractivity contribution >= 4 is 23.8 Å². The Morgan fingerprint density at radius 3 is 2.56 bits per heavy atom. The number of tetrazole rings is 1. The second-order valence-corrected chi connectivity index (χ2v) is 6.05. The second-order valence-electron chi connectivity index (χ2n) is 6.05. The van der Waals surface area contributed by atoms with Crippen LogP contribution in [0.1, 0.15) is 32.0 Å². The van der Waals surface area contributed by atoms with E-state index in [-0.39, 0.29) is 38.1 Å². The number of carbonyl (C=O) groups is 4. The maximum Gasteiger partial charge on any atom is 0.327 e. The molecule has 5 N–H and O–H groups in total. The van der Waals surface area contributed by atoms with Crippen LogP contribution in [-0.2, 0) is 36.9 Å². The lowest BCUT2D eigenvalue weighted by molar-refractivity contribution is -0.144. The van der Waals surface area contributed by atoms with Crippen LogP contribution in [0.25, 0.3) is 0 Å². The first-order chi connectivity index (χ1) is 12.6. The number of hydrogen-bond acceptors (Lipinski definition) is 9. The Morgan fingerprint density at radius 2 is 2.00 bits per heavy atom. The maximum atomic E-state index is 11.9. The Kier molecular flexibility index (Phi) is 7.78. The van der Waals surface area contributed by atoms with E-state index in [0.717, 1.165) is 0 Å². The number of aliphatic carboxylic acids is 2. The molecule has 27 heavy (non-hydrogen) atoms. The number of nitrogens with two attached hydrogens (primary N) is 1. The Morgan fingerprint density at radius 1 is 1.33 bits per heavy atom. The van der Waals surface area contributed by atoms with Gasteiger partial charge in [-0.15, -0.1) is 5.10 Å². The van der Waals surface area contributed by atoms with Gasteiger partial charge in [-0.1, -0.05) is 0 Å². The van der Waals surface area contributed by atoms with Gasteiger partial charge in [0.1, 0.15) is 18.1 Å². The van der Waals surface area contributed by atoms with Crippen molar-refractivity contribution in [1.82, 2.24) is 25.5 Å². The van der Waals surface area contributed by atoms with E-state index in [2.05, 4.69) is 25.6 Å². The summed E-state index contributed by atoms with van der Waals surface area (Å²) in [7, 11) is 1.21. The Labute approximate surface area is 153 Å². The van der Waals surface area contributed by atoms with Crippen LogP contribution in [0.5, 0.6) is 0 Å². The third kappa shape index (κ3) is 6.97. The fourth-order valence-corrected chi connectivity index (χ4v) is 1.99. The molecule has 1 amide bonds. The molecule has 13 heteroatoms. The monoisotopic (exact) mass is 386 g/mol. The molecule has 2 atom stereocenters. The minimum atomic E-state index is -1.59. The number of aryl methyl sites for hydroxylation is 1. The first-order valence-corrected chi connectivity index (χ1v) is 7.93. The van der Waals surface area contributed by atoms with Gasteiger partial charge >= 0.3 is 17.9 Å². The van der Waals surface area contributed by atoms with Crippen LogP contribution >= 0.6 is 0 Å². The number of amides is 1. The zero-order chi connectivity index (χ0) is 20.6. The SMILES string of the molecule is COC(=O)Cn1nnnc1CCC(NC(=O)CC[C@](C)(N)C(=O)O)C(=O)O. The van der Waals surface area contributed by atoms with Gasteiger partial charge in [0.25, 0.3) is 0 Å². The van der Waals surface area contributed by atoms with Crippen LogP contribution in [0.2, 0.25) is 0 Å². The summed E-state index contributed by atoms with van der Waals surface area (Å²) in [4.78, 5) is 45.5. The van der Waals surface area contributed by atoms with E-state index in [9.17, 15) is 24.3 Å². The fourth-order valence-electron chi connectivity index (χ4n) is 1.99. The maximum absolute atomic E-state index is 11.9. The van der Waals surface area contributed by atoms with Gasteiger partial charge < -0.3 is 26.0 Å². The van der Waals surface area contributed by atoms with Crippen molar-refractivity contribution < 1.29 is 34.1 Å². The number of carbonyl (C=O) groups excluding carboxylic acids is 2. The smallest absolute Gasteiger partial charge is 0.327 e. The molecular weight excluding hydrogens is 364 g/mol. The average Bonchev–Trinajstić information content (AvgIpc) is 3.03. The quantitative estimate of drug-likeness (QED) is 0.304. The molecule has 1 unspecified atom stereocenters. The molecule has 0 spiro atoms. The molecule has 0 saturated carbocycles. The van der Waals surface area contributed by atoms with Crippen LogP contribution in [-0.4, -0.2) is 72.9 Å². The van der Waals surface area contributed by atoms with Crippen molar-refractivity contribution in [3.63, 3.8) is 0 Å². The molecule has 1 heterocycles. The Bertz CT molecular complexity index is 702. The highest BCUT2D eigenvalue weighted by atomic mass is 16.5. The number of carboxylic acids is 2. The molecule has 150 valence electrons. The summed E-state index contributed by atoms with van der Waals surface area (Å²) in [5.41, 5.74) is 3.94. The van der Waals surface area contributed by atoms with Gasteiger partial charge in [-0.25, -0.2) is 9.48 Å². The van der Waals surface area contributed by atoms with Crippen molar-refractivity contribution in [1.29, 1.82) is 0 Å². The average molecular weight is 386 g/mol. The number of rotatable bonds is 11. The lowest BCUT2D eigenvalue weighted by Gasteiger charge is -2.19. The van der Waals surface area contributed by atoms with E-state index in [1.165, 1.54) is 18.7 Å². The predicted molar refractivity (Wildman–Crippen MR) is 87.2 cm³/mol. The Balaban J connectivity index is 2.62. The third-order valence-corrected chi connectivity index (χ3v) is 3.76. The molecule has 0 aliphatic carbocycles. The minimum Gasteiger partial charge on any atom is -0.480 e. The summed E-state index contributed by atoms with van der Waals surface area (Å²) in [6, 6.07) is -1.24. The summed E-state index contributed by atoms with van der Waals surface area (Å²) >= 11 is 0. The Hall–Kier alpha value is -3.09. The summed E-state index contributed by atoms with van der Waals surface area (Å²) in [5, 5.41) is 31.2. The van der Waals surface area contributed by atoms with E-state index in [1.54, 1.807) is 0 Å². The van der Waals surface area contributed by atoms with Crippen LogP contribution in [0.3, 0.4) is 0 Å². The van der Waals surface area contributed by atoms with Gasteiger partial charge in [0, 0.05) is 12.8 Å². The highest BCUT2D eigenvalue weighted by Crippen LogP contribution is 2.10. The second kappa shape index (κ2) is 9.56. The third-order valence-electron chi connectivity index (χ3n) is 3.76. The molecular formula is C14H22N6O7. The summed E-state index contributed by atoms with van der Waals surface area (Å²) < 4.78 is 5.67. The summed E-state index contributed by atoms with van der Waals surface area (Å²) in [6.45, 7) is 1.03. The van der Waals surface area contributed by atoms with Gasteiger partial charge in [0.05, 0.1) is 7.11 Å². The molecule has 0 fully saturated rings. The lowest BCUT2D eigenvalue weighted by Crippen LogP contribution is -2.47. The molecule has 0 aliphatic heterocycles. The van der Waals surface area contributed by atoms with Crippen LogP contribution < -0.4 is 11.1 Å². The van der Waals surface area contributed by atoms with Gasteiger partial charge in [0.15, 0.2) is 5.82 Å². The first kappa shape index (κ1) is 22.0.